The van der Waals surface area contributed by atoms with Crippen molar-refractivity contribution in [2.24, 2.45) is 0 Å². The van der Waals surface area contributed by atoms with Crippen molar-refractivity contribution in [1.29, 1.82) is 0 Å². The van der Waals surface area contributed by atoms with E-state index in [1.165, 1.54) is 47.4 Å². The number of nitro groups is 1. The van der Waals surface area contributed by atoms with Crippen molar-refractivity contribution >= 4 is 33.2 Å². The Morgan fingerprint density at radius 2 is 1.61 bits per heavy atom. The van der Waals surface area contributed by atoms with Gasteiger partial charge in [-0.2, -0.15) is 0 Å². The summed E-state index contributed by atoms with van der Waals surface area (Å²) < 4.78 is 40.0. The summed E-state index contributed by atoms with van der Waals surface area (Å²) in [4.78, 5) is 39.6. The first-order chi connectivity index (χ1) is 19.1. The van der Waals surface area contributed by atoms with E-state index >= 15 is 0 Å². The number of carbonyl (C=O) groups excluding carboxylic acids is 2. The predicted molar refractivity (Wildman–Crippen MR) is 154 cm³/mol. The zero-order chi connectivity index (χ0) is 30.4. The van der Waals surface area contributed by atoms with Crippen LogP contribution in [0, 0.1) is 15.9 Å². The maximum absolute atomic E-state index is 14.0. The number of hydrogen-bond donors (Lipinski definition) is 1. The van der Waals surface area contributed by atoms with E-state index in [-0.39, 0.29) is 24.3 Å². The van der Waals surface area contributed by atoms with Crippen LogP contribution in [0.5, 0.6) is 0 Å². The first kappa shape index (κ1) is 31.2. The number of non-ortho nitro benzene ring substituents is 1. The summed E-state index contributed by atoms with van der Waals surface area (Å²) in [6.45, 7) is 4.54. The second-order valence-corrected chi connectivity index (χ2v) is 12.5. The van der Waals surface area contributed by atoms with Crippen molar-refractivity contribution < 1.29 is 27.3 Å². The second kappa shape index (κ2) is 12.9. The van der Waals surface area contributed by atoms with Gasteiger partial charge in [-0.05, 0) is 50.1 Å². The van der Waals surface area contributed by atoms with Gasteiger partial charge in [0.15, 0.2) is 0 Å². The van der Waals surface area contributed by atoms with Crippen LogP contribution in [0.15, 0.2) is 78.9 Å². The Labute approximate surface area is 239 Å². The number of halogens is 1. The van der Waals surface area contributed by atoms with E-state index in [9.17, 15) is 32.5 Å². The number of benzene rings is 3. The third-order valence-corrected chi connectivity index (χ3v) is 7.18. The number of anilines is 1. The smallest absolute Gasteiger partial charge is 0.271 e. The van der Waals surface area contributed by atoms with E-state index in [0.29, 0.717) is 5.56 Å². The first-order valence-corrected chi connectivity index (χ1v) is 14.6. The van der Waals surface area contributed by atoms with Crippen molar-refractivity contribution in [1.82, 2.24) is 10.2 Å². The quantitative estimate of drug-likeness (QED) is 0.267. The molecule has 0 aliphatic carbocycles. The molecular weight excluding hydrogens is 551 g/mol. The molecule has 10 nitrogen and oxygen atoms in total. The molecule has 0 aliphatic rings. The van der Waals surface area contributed by atoms with Crippen LogP contribution in [-0.2, 0) is 32.6 Å². The summed E-state index contributed by atoms with van der Waals surface area (Å²) in [6, 6.07) is 18.3. The topological polar surface area (TPSA) is 130 Å². The van der Waals surface area contributed by atoms with Gasteiger partial charge in [0.05, 0.1) is 16.9 Å². The molecule has 3 aromatic carbocycles. The van der Waals surface area contributed by atoms with Gasteiger partial charge in [-0.15, -0.1) is 0 Å². The van der Waals surface area contributed by atoms with E-state index in [2.05, 4.69) is 5.32 Å². The summed E-state index contributed by atoms with van der Waals surface area (Å²) in [6.07, 6.45) is 1.00. The molecule has 12 heteroatoms. The SMILES string of the molecule is CC(C)(C)NC(=O)C(Cc1ccccc1)N(Cc1ccc(F)cc1)C(=O)CN(c1cccc([N+](=O)[O-])c1)S(C)(=O)=O. The minimum absolute atomic E-state index is 0.0736. The average Bonchev–Trinajstić information content (AvgIpc) is 2.89. The normalized spacial score (nSPS) is 12.3. The molecule has 0 saturated carbocycles. The highest BCUT2D eigenvalue weighted by Crippen LogP contribution is 2.24. The van der Waals surface area contributed by atoms with Crippen molar-refractivity contribution in [3.05, 3.63) is 106 Å². The van der Waals surface area contributed by atoms with Crippen molar-refractivity contribution in [2.45, 2.75) is 45.3 Å². The van der Waals surface area contributed by atoms with E-state index in [1.807, 2.05) is 18.2 Å². The number of hydrogen-bond acceptors (Lipinski definition) is 6. The molecule has 0 heterocycles. The van der Waals surface area contributed by atoms with Crippen LogP contribution in [-0.4, -0.2) is 54.4 Å². The lowest BCUT2D eigenvalue weighted by Crippen LogP contribution is -2.56. The van der Waals surface area contributed by atoms with E-state index < -0.39 is 50.7 Å². The maximum Gasteiger partial charge on any atom is 0.271 e. The van der Waals surface area contributed by atoms with Crippen LogP contribution >= 0.6 is 0 Å². The lowest BCUT2D eigenvalue weighted by atomic mass is 10.0. The van der Waals surface area contributed by atoms with Crippen LogP contribution in [0.4, 0.5) is 15.8 Å². The Balaban J connectivity index is 2.09. The Morgan fingerprint density at radius 1 is 0.976 bits per heavy atom. The lowest BCUT2D eigenvalue weighted by molar-refractivity contribution is -0.384. The standard InChI is InChI=1S/C29H33FN4O6S/c1-29(2,3)31-28(36)26(17-21-9-6-5-7-10-21)32(19-22-13-15-23(30)16-14-22)27(35)20-33(41(4,39)40)24-11-8-12-25(18-24)34(37)38/h5-16,18,26H,17,19-20H2,1-4H3,(H,31,36). The fourth-order valence-electron chi connectivity index (χ4n) is 4.17. The van der Waals surface area contributed by atoms with Crippen molar-refractivity contribution in [3.63, 3.8) is 0 Å². The number of sulfonamides is 1. The minimum Gasteiger partial charge on any atom is -0.350 e. The summed E-state index contributed by atoms with van der Waals surface area (Å²) in [5.41, 5.74) is 0.215. The average molecular weight is 585 g/mol. The van der Waals surface area contributed by atoms with Crippen LogP contribution in [0.2, 0.25) is 0 Å². The predicted octanol–water partition coefficient (Wildman–Crippen LogP) is 4.05. The molecule has 0 aromatic heterocycles. The van der Waals surface area contributed by atoms with Gasteiger partial charge in [-0.1, -0.05) is 48.5 Å². The molecular formula is C29H33FN4O6S. The molecule has 41 heavy (non-hydrogen) atoms. The number of amides is 2. The number of rotatable bonds is 11. The monoisotopic (exact) mass is 584 g/mol. The fraction of sp³-hybridized carbons (Fsp3) is 0.310. The van der Waals surface area contributed by atoms with Crippen LogP contribution in [0.25, 0.3) is 0 Å². The van der Waals surface area contributed by atoms with Crippen molar-refractivity contribution in [2.75, 3.05) is 17.1 Å². The minimum atomic E-state index is -4.09. The van der Waals surface area contributed by atoms with E-state index in [4.69, 9.17) is 0 Å². The highest BCUT2D eigenvalue weighted by atomic mass is 32.2. The summed E-state index contributed by atoms with van der Waals surface area (Å²) in [5, 5.41) is 14.2. The molecule has 0 spiro atoms. The molecule has 1 atom stereocenters. The van der Waals surface area contributed by atoms with E-state index in [0.717, 1.165) is 22.2 Å². The maximum atomic E-state index is 14.0. The zero-order valence-electron chi connectivity index (χ0n) is 23.3. The molecule has 0 radical (unpaired) electrons. The Bertz CT molecular complexity index is 1490. The summed E-state index contributed by atoms with van der Waals surface area (Å²) >= 11 is 0. The van der Waals surface area contributed by atoms with Crippen LogP contribution < -0.4 is 9.62 Å². The third-order valence-electron chi connectivity index (χ3n) is 6.04. The number of nitrogens with zero attached hydrogens (tertiary/aromatic N) is 3. The zero-order valence-corrected chi connectivity index (χ0v) is 24.1. The molecule has 218 valence electrons. The van der Waals surface area contributed by atoms with Crippen LogP contribution in [0.1, 0.15) is 31.9 Å². The van der Waals surface area contributed by atoms with Gasteiger partial charge in [0.2, 0.25) is 21.8 Å². The lowest BCUT2D eigenvalue weighted by Gasteiger charge is -2.35. The van der Waals surface area contributed by atoms with Gasteiger partial charge in [0, 0.05) is 30.6 Å². The number of nitrogens with one attached hydrogen (secondary N) is 1. The summed E-state index contributed by atoms with van der Waals surface area (Å²) in [7, 11) is -4.09. The molecule has 3 rings (SSSR count). The molecule has 2 amide bonds. The van der Waals surface area contributed by atoms with Crippen LogP contribution in [0.3, 0.4) is 0 Å². The molecule has 1 unspecified atom stereocenters. The van der Waals surface area contributed by atoms with Gasteiger partial charge < -0.3 is 10.2 Å². The molecule has 0 bridgehead atoms. The van der Waals surface area contributed by atoms with Gasteiger partial charge in [-0.3, -0.25) is 24.0 Å². The molecule has 0 aliphatic heterocycles. The summed E-state index contributed by atoms with van der Waals surface area (Å²) in [5.74, 6) is -1.67. The molecule has 0 fully saturated rings. The van der Waals surface area contributed by atoms with E-state index in [1.54, 1.807) is 32.9 Å². The second-order valence-electron chi connectivity index (χ2n) is 10.6. The third kappa shape index (κ3) is 9.10. The Morgan fingerprint density at radius 3 is 2.17 bits per heavy atom. The Kier molecular flexibility index (Phi) is 9.82. The van der Waals surface area contributed by atoms with Gasteiger partial charge in [-0.25, -0.2) is 12.8 Å². The number of carbonyl (C=O) groups is 2. The molecule has 0 saturated heterocycles. The van der Waals surface area contributed by atoms with Gasteiger partial charge >= 0.3 is 0 Å². The first-order valence-electron chi connectivity index (χ1n) is 12.8. The Hall–Kier alpha value is -4.32. The largest absolute Gasteiger partial charge is 0.350 e. The molecule has 3 aromatic rings. The highest BCUT2D eigenvalue weighted by Gasteiger charge is 2.34. The fourth-order valence-corrected chi connectivity index (χ4v) is 5.01. The van der Waals surface area contributed by atoms with Gasteiger partial charge in [0.1, 0.15) is 18.4 Å². The molecule has 1 N–H and O–H groups in total. The highest BCUT2D eigenvalue weighted by molar-refractivity contribution is 7.92. The van der Waals surface area contributed by atoms with Gasteiger partial charge in [0.25, 0.3) is 5.69 Å². The number of nitro benzene ring substituents is 1. The van der Waals surface area contributed by atoms with Crippen molar-refractivity contribution in [3.8, 4) is 0 Å².